The first kappa shape index (κ1) is 14.6. The van der Waals surface area contributed by atoms with Crippen molar-refractivity contribution in [2.45, 2.75) is 38.6 Å². The summed E-state index contributed by atoms with van der Waals surface area (Å²) in [6, 6.07) is 8.00. The van der Waals surface area contributed by atoms with Crippen molar-refractivity contribution in [3.8, 4) is 0 Å². The lowest BCUT2D eigenvalue weighted by Gasteiger charge is -2.27. The molecule has 2 aliphatic rings. The maximum Gasteiger partial charge on any atom is 0.226 e. The topological polar surface area (TPSA) is 46.3 Å². The van der Waals surface area contributed by atoms with Crippen LogP contribution in [0.1, 0.15) is 36.8 Å². The van der Waals surface area contributed by atoms with Crippen molar-refractivity contribution in [1.29, 1.82) is 0 Å². The lowest BCUT2D eigenvalue weighted by Crippen LogP contribution is -2.34. The second kappa shape index (κ2) is 6.18. The van der Waals surface area contributed by atoms with E-state index in [1.807, 2.05) is 36.2 Å². The maximum absolute atomic E-state index is 12.5. The quantitative estimate of drug-likeness (QED) is 0.904. The Morgan fingerprint density at radius 2 is 2.00 bits per heavy atom. The van der Waals surface area contributed by atoms with Gasteiger partial charge in [-0.15, -0.1) is 0 Å². The van der Waals surface area contributed by atoms with Gasteiger partial charge >= 0.3 is 0 Å². The first-order chi connectivity index (χ1) is 10.2. The Balaban J connectivity index is 1.57. The molecule has 0 spiro atoms. The number of nitrogens with zero attached hydrogens (tertiary/aromatic N) is 1. The molecule has 3 unspecified atom stereocenters. The van der Waals surface area contributed by atoms with Crippen molar-refractivity contribution in [1.82, 2.24) is 4.90 Å². The van der Waals surface area contributed by atoms with Gasteiger partial charge in [-0.2, -0.15) is 0 Å². The van der Waals surface area contributed by atoms with E-state index in [9.17, 15) is 4.79 Å². The largest absolute Gasteiger partial charge is 0.345 e. The molecule has 2 saturated carbocycles. The third-order valence-electron chi connectivity index (χ3n) is 5.50. The molecule has 1 aromatic rings. The fraction of sp³-hybridized carbons (Fsp3) is 0.611. The van der Waals surface area contributed by atoms with Crippen LogP contribution in [0.25, 0.3) is 0 Å². The van der Waals surface area contributed by atoms with E-state index in [2.05, 4.69) is 0 Å². The van der Waals surface area contributed by atoms with Gasteiger partial charge in [0.05, 0.1) is 6.42 Å². The molecule has 0 saturated heterocycles. The maximum atomic E-state index is 12.5. The number of fused-ring (bicyclic) bond motifs is 2. The van der Waals surface area contributed by atoms with Gasteiger partial charge in [-0.1, -0.05) is 30.7 Å². The number of rotatable bonds is 5. The molecular formula is C18H26N2O. The number of benzene rings is 1. The Labute approximate surface area is 127 Å². The number of hydrogen-bond donors (Lipinski definition) is 1. The van der Waals surface area contributed by atoms with Gasteiger partial charge in [0.1, 0.15) is 0 Å². The Hall–Kier alpha value is -1.35. The van der Waals surface area contributed by atoms with Crippen molar-refractivity contribution in [2.75, 3.05) is 13.6 Å². The first-order valence-corrected chi connectivity index (χ1v) is 8.18. The lowest BCUT2D eigenvalue weighted by molar-refractivity contribution is -0.130. The minimum Gasteiger partial charge on any atom is -0.345 e. The van der Waals surface area contributed by atoms with Crippen molar-refractivity contribution >= 4 is 5.91 Å². The molecule has 2 bridgehead atoms. The summed E-state index contributed by atoms with van der Waals surface area (Å²) in [5.74, 6) is 2.78. The second-order valence-corrected chi connectivity index (χ2v) is 6.86. The summed E-state index contributed by atoms with van der Waals surface area (Å²) in [6.45, 7) is 1.43. The van der Waals surface area contributed by atoms with E-state index in [0.29, 0.717) is 13.0 Å². The molecule has 1 aromatic carbocycles. The fourth-order valence-corrected chi connectivity index (χ4v) is 4.28. The molecule has 2 fully saturated rings. The molecule has 0 aliphatic heterocycles. The van der Waals surface area contributed by atoms with E-state index < -0.39 is 0 Å². The Morgan fingerprint density at radius 1 is 1.24 bits per heavy atom. The summed E-state index contributed by atoms with van der Waals surface area (Å²) in [4.78, 5) is 14.4. The normalized spacial score (nSPS) is 27.0. The first-order valence-electron chi connectivity index (χ1n) is 8.18. The standard InChI is InChI=1S/C18H26N2O/c1-20(12-17-9-13-6-7-15(17)8-13)18(21)10-14-4-2-3-5-16(14)11-19/h2-5,13,15,17H,6-12,19H2,1H3. The van der Waals surface area contributed by atoms with Crippen molar-refractivity contribution < 1.29 is 4.79 Å². The molecule has 2 aliphatic carbocycles. The minimum atomic E-state index is 0.221. The highest BCUT2D eigenvalue weighted by Crippen LogP contribution is 2.48. The second-order valence-electron chi connectivity index (χ2n) is 6.86. The number of amides is 1. The zero-order valence-corrected chi connectivity index (χ0v) is 12.9. The molecule has 3 rings (SSSR count). The molecular weight excluding hydrogens is 260 g/mol. The van der Waals surface area contributed by atoms with Crippen molar-refractivity contribution in [3.63, 3.8) is 0 Å². The Kier molecular flexibility index (Phi) is 4.29. The SMILES string of the molecule is CN(CC1CC2CCC1C2)C(=O)Cc1ccccc1CN. The van der Waals surface area contributed by atoms with Crippen LogP contribution < -0.4 is 5.73 Å². The van der Waals surface area contributed by atoms with E-state index in [1.54, 1.807) is 0 Å². The predicted octanol–water partition coefficient (Wildman–Crippen LogP) is 2.58. The summed E-state index contributed by atoms with van der Waals surface area (Å²) in [5, 5.41) is 0. The smallest absolute Gasteiger partial charge is 0.226 e. The van der Waals surface area contributed by atoms with Crippen LogP contribution >= 0.6 is 0 Å². The van der Waals surface area contributed by atoms with Crippen LogP contribution in [0.3, 0.4) is 0 Å². The van der Waals surface area contributed by atoms with Gasteiger partial charge in [-0.25, -0.2) is 0 Å². The van der Waals surface area contributed by atoms with Gasteiger partial charge in [-0.3, -0.25) is 4.79 Å². The molecule has 0 radical (unpaired) electrons. The van der Waals surface area contributed by atoms with Crippen molar-refractivity contribution in [2.24, 2.45) is 23.5 Å². The fourth-order valence-electron chi connectivity index (χ4n) is 4.28. The Bertz CT molecular complexity index is 514. The Morgan fingerprint density at radius 3 is 2.62 bits per heavy atom. The van der Waals surface area contributed by atoms with Gasteiger partial charge in [0.15, 0.2) is 0 Å². The monoisotopic (exact) mass is 286 g/mol. The van der Waals surface area contributed by atoms with E-state index in [4.69, 9.17) is 5.73 Å². The van der Waals surface area contributed by atoms with Crippen LogP contribution in [0.2, 0.25) is 0 Å². The molecule has 0 aromatic heterocycles. The molecule has 1 amide bonds. The molecule has 114 valence electrons. The highest BCUT2D eigenvalue weighted by atomic mass is 16.2. The molecule has 3 nitrogen and oxygen atoms in total. The van der Waals surface area contributed by atoms with E-state index in [-0.39, 0.29) is 5.91 Å². The lowest BCUT2D eigenvalue weighted by atomic mass is 9.88. The van der Waals surface area contributed by atoms with Crippen LogP contribution in [0.4, 0.5) is 0 Å². The zero-order chi connectivity index (χ0) is 14.8. The molecule has 21 heavy (non-hydrogen) atoms. The van der Waals surface area contributed by atoms with E-state index in [1.165, 1.54) is 25.7 Å². The molecule has 3 atom stereocenters. The highest BCUT2D eigenvalue weighted by molar-refractivity contribution is 5.78. The third-order valence-corrected chi connectivity index (χ3v) is 5.50. The number of carbonyl (C=O) groups is 1. The third kappa shape index (κ3) is 3.13. The van der Waals surface area contributed by atoms with Crippen LogP contribution in [-0.2, 0) is 17.8 Å². The summed E-state index contributed by atoms with van der Waals surface area (Å²) in [5.41, 5.74) is 7.91. The van der Waals surface area contributed by atoms with Gasteiger partial charge in [0.25, 0.3) is 0 Å². The summed E-state index contributed by atoms with van der Waals surface area (Å²) in [7, 11) is 1.96. The summed E-state index contributed by atoms with van der Waals surface area (Å²) in [6.07, 6.45) is 6.02. The highest BCUT2D eigenvalue weighted by Gasteiger charge is 2.40. The minimum absolute atomic E-state index is 0.221. The molecule has 0 heterocycles. The van der Waals surface area contributed by atoms with Gasteiger partial charge in [0, 0.05) is 20.1 Å². The van der Waals surface area contributed by atoms with Crippen LogP contribution in [0, 0.1) is 17.8 Å². The van der Waals surface area contributed by atoms with Crippen LogP contribution in [0.15, 0.2) is 24.3 Å². The van der Waals surface area contributed by atoms with Gasteiger partial charge < -0.3 is 10.6 Å². The van der Waals surface area contributed by atoms with Crippen molar-refractivity contribution in [3.05, 3.63) is 35.4 Å². The average molecular weight is 286 g/mol. The number of hydrogen-bond acceptors (Lipinski definition) is 2. The van der Waals surface area contributed by atoms with Crippen LogP contribution in [0.5, 0.6) is 0 Å². The summed E-state index contributed by atoms with van der Waals surface area (Å²) >= 11 is 0. The van der Waals surface area contributed by atoms with E-state index in [0.717, 1.165) is 35.4 Å². The van der Waals surface area contributed by atoms with E-state index >= 15 is 0 Å². The number of likely N-dealkylation sites (N-methyl/N-ethyl adjacent to an activating group) is 1. The van der Waals surface area contributed by atoms with Gasteiger partial charge in [0.2, 0.25) is 5.91 Å². The van der Waals surface area contributed by atoms with Crippen LogP contribution in [-0.4, -0.2) is 24.4 Å². The molecule has 3 heteroatoms. The molecule has 2 N–H and O–H groups in total. The predicted molar refractivity (Wildman–Crippen MR) is 84.6 cm³/mol. The summed E-state index contributed by atoms with van der Waals surface area (Å²) < 4.78 is 0. The number of nitrogens with two attached hydrogens (primary N) is 1. The number of carbonyl (C=O) groups excluding carboxylic acids is 1. The zero-order valence-electron chi connectivity index (χ0n) is 12.9. The average Bonchev–Trinajstić information content (AvgIpc) is 3.10. The van der Waals surface area contributed by atoms with Gasteiger partial charge in [-0.05, 0) is 48.1 Å².